The quantitative estimate of drug-likeness (QED) is 0.753. The summed E-state index contributed by atoms with van der Waals surface area (Å²) in [6.45, 7) is 5.85. The third kappa shape index (κ3) is 4.87. The summed E-state index contributed by atoms with van der Waals surface area (Å²) in [6.07, 6.45) is 4.98. The number of nitrogens with zero attached hydrogens (tertiary/aromatic N) is 4. The first-order valence-electron chi connectivity index (χ1n) is 10.9. The van der Waals surface area contributed by atoms with Crippen LogP contribution in [-0.2, 0) is 11.3 Å². The lowest BCUT2D eigenvalue weighted by Crippen LogP contribution is -2.44. The van der Waals surface area contributed by atoms with Crippen LogP contribution in [-0.4, -0.2) is 58.6 Å². The van der Waals surface area contributed by atoms with Gasteiger partial charge in [-0.3, -0.25) is 9.69 Å². The van der Waals surface area contributed by atoms with Crippen LogP contribution in [0.3, 0.4) is 0 Å². The summed E-state index contributed by atoms with van der Waals surface area (Å²) in [4.78, 5) is 15.1. The maximum atomic E-state index is 13.8. The molecule has 2 fully saturated rings. The Bertz CT molecular complexity index is 859. The van der Waals surface area contributed by atoms with Gasteiger partial charge in [0.15, 0.2) is 5.69 Å². The van der Waals surface area contributed by atoms with Crippen LogP contribution in [0, 0.1) is 18.7 Å². The molecule has 8 heteroatoms. The van der Waals surface area contributed by atoms with Crippen molar-refractivity contribution >= 4 is 5.91 Å². The van der Waals surface area contributed by atoms with Crippen LogP contribution in [0.1, 0.15) is 53.5 Å². The lowest BCUT2D eigenvalue weighted by atomic mass is 10.0. The first-order chi connectivity index (χ1) is 14.6. The summed E-state index contributed by atoms with van der Waals surface area (Å²) in [5.41, 5.74) is 2.01. The van der Waals surface area contributed by atoms with E-state index in [1.54, 1.807) is 6.07 Å². The third-order valence-electron chi connectivity index (χ3n) is 6.28. The van der Waals surface area contributed by atoms with Gasteiger partial charge in [0.25, 0.3) is 5.91 Å². The summed E-state index contributed by atoms with van der Waals surface area (Å²) < 4.78 is 21.1. The van der Waals surface area contributed by atoms with E-state index in [1.807, 2.05) is 17.7 Å². The molecular formula is C22H30FN5O2. The van der Waals surface area contributed by atoms with Gasteiger partial charge in [-0.05, 0) is 43.4 Å². The number of rotatable bonds is 7. The maximum absolute atomic E-state index is 13.8. The number of carbonyl (C=O) groups excluding carboxylic acids is 1. The van der Waals surface area contributed by atoms with Crippen LogP contribution in [0.15, 0.2) is 24.3 Å². The Balaban J connectivity index is 1.44. The van der Waals surface area contributed by atoms with Gasteiger partial charge in [-0.25, -0.2) is 9.07 Å². The van der Waals surface area contributed by atoms with E-state index in [2.05, 4.69) is 20.5 Å². The van der Waals surface area contributed by atoms with Gasteiger partial charge in [0.05, 0.1) is 24.9 Å². The first-order valence-corrected chi connectivity index (χ1v) is 10.9. The summed E-state index contributed by atoms with van der Waals surface area (Å²) in [5.74, 6) is 0.114. The molecule has 2 aromatic rings. The lowest BCUT2D eigenvalue weighted by molar-refractivity contribution is 0.0161. The minimum Gasteiger partial charge on any atom is -0.379 e. The monoisotopic (exact) mass is 415 g/mol. The van der Waals surface area contributed by atoms with Gasteiger partial charge in [-0.2, -0.15) is 0 Å². The molecular weight excluding hydrogens is 385 g/mol. The summed E-state index contributed by atoms with van der Waals surface area (Å²) in [7, 11) is 0. The van der Waals surface area contributed by atoms with E-state index < -0.39 is 0 Å². The van der Waals surface area contributed by atoms with Crippen molar-refractivity contribution < 1.29 is 13.9 Å². The standard InChI is InChI=1S/C22H30FN5O2/c1-16-21(25-26-28(16)15-17-5-2-3-6-17)22(29)24-14-20(27-9-11-30-12-10-27)18-7-4-8-19(23)13-18/h4,7-8,13,17,20H,2-3,5-6,9-12,14-15H2,1H3,(H,24,29). The highest BCUT2D eigenvalue weighted by atomic mass is 19.1. The van der Waals surface area contributed by atoms with E-state index in [-0.39, 0.29) is 17.8 Å². The first kappa shape index (κ1) is 20.9. The molecule has 1 aliphatic heterocycles. The van der Waals surface area contributed by atoms with Gasteiger partial charge in [0.2, 0.25) is 0 Å². The molecule has 0 radical (unpaired) electrons. The minimum atomic E-state index is -0.275. The van der Waals surface area contributed by atoms with E-state index in [4.69, 9.17) is 4.74 Å². The number of ether oxygens (including phenoxy) is 1. The number of morpholine rings is 1. The van der Waals surface area contributed by atoms with Crippen molar-refractivity contribution in [3.05, 3.63) is 47.0 Å². The fourth-order valence-corrected chi connectivity index (χ4v) is 4.51. The van der Waals surface area contributed by atoms with E-state index in [0.29, 0.717) is 31.4 Å². The number of hydrogen-bond donors (Lipinski definition) is 1. The zero-order valence-electron chi connectivity index (χ0n) is 17.5. The number of nitrogens with one attached hydrogen (secondary N) is 1. The molecule has 7 nitrogen and oxygen atoms in total. The Morgan fingerprint density at radius 2 is 2.07 bits per heavy atom. The molecule has 1 atom stereocenters. The molecule has 1 aliphatic carbocycles. The van der Waals surface area contributed by atoms with Crippen molar-refractivity contribution in [2.45, 2.75) is 45.2 Å². The predicted octanol–water partition coefficient (Wildman–Crippen LogP) is 2.72. The largest absolute Gasteiger partial charge is 0.379 e. The molecule has 4 rings (SSSR count). The molecule has 2 aliphatic rings. The average Bonchev–Trinajstić information content (AvgIpc) is 3.39. The molecule has 1 aromatic carbocycles. The fourth-order valence-electron chi connectivity index (χ4n) is 4.51. The molecule has 2 heterocycles. The Labute approximate surface area is 176 Å². The normalized spacial score (nSPS) is 19.1. The molecule has 1 saturated carbocycles. The van der Waals surface area contributed by atoms with Crippen LogP contribution in [0.25, 0.3) is 0 Å². The molecule has 162 valence electrons. The summed E-state index contributed by atoms with van der Waals surface area (Å²) in [5, 5.41) is 11.4. The van der Waals surface area contributed by atoms with E-state index in [9.17, 15) is 9.18 Å². The zero-order valence-corrected chi connectivity index (χ0v) is 17.5. The molecule has 30 heavy (non-hydrogen) atoms. The Morgan fingerprint density at radius 1 is 1.30 bits per heavy atom. The number of benzene rings is 1. The second kappa shape index (κ2) is 9.66. The maximum Gasteiger partial charge on any atom is 0.273 e. The van der Waals surface area contributed by atoms with Crippen molar-refractivity contribution in [3.8, 4) is 0 Å². The average molecular weight is 416 g/mol. The van der Waals surface area contributed by atoms with Crippen molar-refractivity contribution in [1.82, 2.24) is 25.2 Å². The lowest BCUT2D eigenvalue weighted by Gasteiger charge is -2.34. The van der Waals surface area contributed by atoms with E-state index in [1.165, 1.54) is 37.8 Å². The van der Waals surface area contributed by atoms with E-state index in [0.717, 1.165) is 30.9 Å². The minimum absolute atomic E-state index is 0.123. The molecule has 0 spiro atoms. The number of carbonyl (C=O) groups is 1. The molecule has 0 bridgehead atoms. The predicted molar refractivity (Wildman–Crippen MR) is 111 cm³/mol. The Morgan fingerprint density at radius 3 is 2.80 bits per heavy atom. The van der Waals surface area contributed by atoms with Crippen LogP contribution in [0.5, 0.6) is 0 Å². The summed E-state index contributed by atoms with van der Waals surface area (Å²) in [6, 6.07) is 6.46. The van der Waals surface area contributed by atoms with Gasteiger partial charge < -0.3 is 10.1 Å². The topological polar surface area (TPSA) is 72.3 Å². The van der Waals surface area contributed by atoms with Crippen LogP contribution >= 0.6 is 0 Å². The molecule has 1 N–H and O–H groups in total. The number of amides is 1. The number of halogens is 1. The van der Waals surface area contributed by atoms with Crippen LogP contribution in [0.4, 0.5) is 4.39 Å². The second-order valence-electron chi connectivity index (χ2n) is 8.29. The SMILES string of the molecule is Cc1c(C(=O)NCC(c2cccc(F)c2)N2CCOCC2)nnn1CC1CCCC1. The third-order valence-corrected chi connectivity index (χ3v) is 6.28. The smallest absolute Gasteiger partial charge is 0.273 e. The van der Waals surface area contributed by atoms with Gasteiger partial charge in [0, 0.05) is 26.2 Å². The highest BCUT2D eigenvalue weighted by molar-refractivity contribution is 5.93. The second-order valence-corrected chi connectivity index (χ2v) is 8.29. The fraction of sp³-hybridized carbons (Fsp3) is 0.591. The van der Waals surface area contributed by atoms with Gasteiger partial charge >= 0.3 is 0 Å². The van der Waals surface area contributed by atoms with Gasteiger partial charge in [-0.15, -0.1) is 5.10 Å². The number of aromatic nitrogens is 3. The van der Waals surface area contributed by atoms with E-state index >= 15 is 0 Å². The van der Waals surface area contributed by atoms with Gasteiger partial charge in [0.1, 0.15) is 5.82 Å². The molecule has 1 unspecified atom stereocenters. The van der Waals surface area contributed by atoms with Gasteiger partial charge in [-0.1, -0.05) is 30.2 Å². The summed E-state index contributed by atoms with van der Waals surface area (Å²) >= 11 is 0. The van der Waals surface area contributed by atoms with Crippen LogP contribution in [0.2, 0.25) is 0 Å². The Hall–Kier alpha value is -2.32. The molecule has 1 amide bonds. The highest BCUT2D eigenvalue weighted by Gasteiger charge is 2.25. The zero-order chi connectivity index (χ0) is 20.9. The van der Waals surface area contributed by atoms with Crippen molar-refractivity contribution in [2.75, 3.05) is 32.8 Å². The van der Waals surface area contributed by atoms with Crippen molar-refractivity contribution in [2.24, 2.45) is 5.92 Å². The van der Waals surface area contributed by atoms with Crippen LogP contribution < -0.4 is 5.32 Å². The highest BCUT2D eigenvalue weighted by Crippen LogP contribution is 2.26. The number of hydrogen-bond acceptors (Lipinski definition) is 5. The molecule has 1 aromatic heterocycles. The van der Waals surface area contributed by atoms with Crippen molar-refractivity contribution in [1.29, 1.82) is 0 Å². The molecule has 1 saturated heterocycles. The Kier molecular flexibility index (Phi) is 6.74. The van der Waals surface area contributed by atoms with Crippen molar-refractivity contribution in [3.63, 3.8) is 0 Å².